The highest BCUT2D eigenvalue weighted by molar-refractivity contribution is 6.31. The number of hydrogen-bond donors (Lipinski definition) is 2. The van der Waals surface area contributed by atoms with Crippen molar-refractivity contribution >= 4 is 34.4 Å². The zero-order valence-electron chi connectivity index (χ0n) is 14.9. The van der Waals surface area contributed by atoms with Gasteiger partial charge in [0.25, 0.3) is 0 Å². The van der Waals surface area contributed by atoms with Crippen LogP contribution in [0.2, 0.25) is 5.02 Å². The van der Waals surface area contributed by atoms with Crippen LogP contribution in [0.1, 0.15) is 37.6 Å². The smallest absolute Gasteiger partial charge is 0.320 e. The molecule has 1 aliphatic rings. The highest BCUT2D eigenvalue weighted by atomic mass is 35.5. The topological polar surface area (TPSA) is 80.4 Å². The maximum atomic E-state index is 12.3. The average molecular weight is 379 g/mol. The molecule has 0 aliphatic carbocycles. The lowest BCUT2D eigenvalue weighted by Gasteiger charge is -2.26. The van der Waals surface area contributed by atoms with Gasteiger partial charge in [-0.1, -0.05) is 11.6 Å². The first kappa shape index (κ1) is 18.7. The number of hydrogen-bond acceptors (Lipinski definition) is 5. The Bertz CT molecular complexity index is 799. The SMILES string of the molecule is CCOC(=O)C(C[C@@H]1NCCc2c1[nH]c1ccc(Cl)cc21)C(=O)OCC. The number of fused-ring (bicyclic) bond motifs is 3. The van der Waals surface area contributed by atoms with Gasteiger partial charge < -0.3 is 19.8 Å². The van der Waals surface area contributed by atoms with E-state index in [0.717, 1.165) is 29.6 Å². The van der Waals surface area contributed by atoms with E-state index in [4.69, 9.17) is 21.1 Å². The van der Waals surface area contributed by atoms with E-state index in [1.54, 1.807) is 13.8 Å². The summed E-state index contributed by atoms with van der Waals surface area (Å²) in [7, 11) is 0. The highest BCUT2D eigenvalue weighted by Crippen LogP contribution is 2.34. The number of halogens is 1. The van der Waals surface area contributed by atoms with Crippen molar-refractivity contribution in [3.63, 3.8) is 0 Å². The van der Waals surface area contributed by atoms with Crippen molar-refractivity contribution in [3.05, 3.63) is 34.5 Å². The summed E-state index contributed by atoms with van der Waals surface area (Å²) in [6.07, 6.45) is 1.14. The second kappa shape index (κ2) is 8.10. The average Bonchev–Trinajstić information content (AvgIpc) is 2.98. The molecule has 2 aromatic rings. The Labute approximate surface area is 157 Å². The van der Waals surface area contributed by atoms with Gasteiger partial charge in [-0.3, -0.25) is 9.59 Å². The van der Waals surface area contributed by atoms with Crippen molar-refractivity contribution in [2.45, 2.75) is 32.7 Å². The number of nitrogens with one attached hydrogen (secondary N) is 2. The number of carbonyl (C=O) groups is 2. The van der Waals surface area contributed by atoms with Crippen molar-refractivity contribution in [2.24, 2.45) is 5.92 Å². The van der Waals surface area contributed by atoms with Gasteiger partial charge in [-0.05, 0) is 57.0 Å². The van der Waals surface area contributed by atoms with Crippen LogP contribution in [-0.2, 0) is 25.5 Å². The third-order valence-corrected chi connectivity index (χ3v) is 4.86. The van der Waals surface area contributed by atoms with Crippen LogP contribution in [0.15, 0.2) is 18.2 Å². The molecule has 0 amide bonds. The Kier molecular flexibility index (Phi) is 5.84. The molecule has 1 aliphatic heterocycles. The van der Waals surface area contributed by atoms with E-state index in [-0.39, 0.29) is 25.7 Å². The van der Waals surface area contributed by atoms with Gasteiger partial charge in [0.15, 0.2) is 5.92 Å². The van der Waals surface area contributed by atoms with Crippen LogP contribution in [0, 0.1) is 5.92 Å². The second-order valence-electron chi connectivity index (χ2n) is 6.26. The maximum absolute atomic E-state index is 12.3. The van der Waals surface area contributed by atoms with Crippen LogP contribution in [0.25, 0.3) is 10.9 Å². The number of esters is 2. The summed E-state index contributed by atoms with van der Waals surface area (Å²) >= 11 is 6.14. The van der Waals surface area contributed by atoms with Gasteiger partial charge >= 0.3 is 11.9 Å². The summed E-state index contributed by atoms with van der Waals surface area (Å²) in [5.74, 6) is -2.04. The predicted octanol–water partition coefficient (Wildman–Crippen LogP) is 3.14. The molecular formula is C19H23ClN2O4. The molecule has 6 nitrogen and oxygen atoms in total. The van der Waals surface area contributed by atoms with Crippen LogP contribution in [-0.4, -0.2) is 36.7 Å². The maximum Gasteiger partial charge on any atom is 0.320 e. The van der Waals surface area contributed by atoms with Gasteiger partial charge in [0, 0.05) is 27.7 Å². The molecule has 1 aromatic carbocycles. The van der Waals surface area contributed by atoms with Crippen LogP contribution in [0.3, 0.4) is 0 Å². The van der Waals surface area contributed by atoms with Crippen LogP contribution < -0.4 is 5.32 Å². The standard InChI is InChI=1S/C19H23ClN2O4/c1-3-25-18(23)14(19(24)26-4-2)10-16-17-12(7-8-21-16)13-9-11(20)5-6-15(13)22-17/h5-6,9,14,16,21-22H,3-4,7-8,10H2,1-2H3/t16-/m0/s1. The Hall–Kier alpha value is -2.05. The van der Waals surface area contributed by atoms with E-state index in [1.165, 1.54) is 5.56 Å². The van der Waals surface area contributed by atoms with Gasteiger partial charge in [-0.15, -0.1) is 0 Å². The van der Waals surface area contributed by atoms with Gasteiger partial charge in [0.2, 0.25) is 0 Å². The number of aromatic nitrogens is 1. The normalized spacial score (nSPS) is 16.5. The third-order valence-electron chi connectivity index (χ3n) is 4.63. The molecule has 0 spiro atoms. The van der Waals surface area contributed by atoms with E-state index in [1.807, 2.05) is 18.2 Å². The van der Waals surface area contributed by atoms with Gasteiger partial charge in [0.1, 0.15) is 0 Å². The molecule has 2 N–H and O–H groups in total. The molecular weight excluding hydrogens is 356 g/mol. The molecule has 0 bridgehead atoms. The fourth-order valence-corrected chi connectivity index (χ4v) is 3.66. The van der Waals surface area contributed by atoms with Crippen molar-refractivity contribution in [1.29, 1.82) is 0 Å². The Morgan fingerprint density at radius 2 is 1.92 bits per heavy atom. The lowest BCUT2D eigenvalue weighted by atomic mass is 9.92. The molecule has 3 rings (SSSR count). The van der Waals surface area contributed by atoms with E-state index < -0.39 is 17.9 Å². The summed E-state index contributed by atoms with van der Waals surface area (Å²) < 4.78 is 10.2. The number of H-pyrrole nitrogens is 1. The van der Waals surface area contributed by atoms with Crippen molar-refractivity contribution < 1.29 is 19.1 Å². The van der Waals surface area contributed by atoms with Crippen LogP contribution in [0.5, 0.6) is 0 Å². The molecule has 0 fully saturated rings. The molecule has 26 heavy (non-hydrogen) atoms. The van der Waals surface area contributed by atoms with E-state index in [9.17, 15) is 9.59 Å². The highest BCUT2D eigenvalue weighted by Gasteiger charge is 2.35. The Morgan fingerprint density at radius 3 is 2.58 bits per heavy atom. The Morgan fingerprint density at radius 1 is 1.23 bits per heavy atom. The molecule has 0 saturated heterocycles. The van der Waals surface area contributed by atoms with Crippen molar-refractivity contribution in [3.8, 4) is 0 Å². The summed E-state index contributed by atoms with van der Waals surface area (Å²) in [5.41, 5.74) is 3.17. The Balaban J connectivity index is 1.91. The van der Waals surface area contributed by atoms with E-state index in [0.29, 0.717) is 5.02 Å². The minimum Gasteiger partial charge on any atom is -0.465 e. The quantitative estimate of drug-likeness (QED) is 0.596. The molecule has 0 radical (unpaired) electrons. The molecule has 1 aromatic heterocycles. The van der Waals surface area contributed by atoms with E-state index in [2.05, 4.69) is 10.3 Å². The number of ether oxygens (including phenoxy) is 2. The minimum atomic E-state index is -0.951. The van der Waals surface area contributed by atoms with Crippen molar-refractivity contribution in [2.75, 3.05) is 19.8 Å². The first-order chi connectivity index (χ1) is 12.5. The first-order valence-electron chi connectivity index (χ1n) is 8.91. The van der Waals surface area contributed by atoms with Gasteiger partial charge in [-0.2, -0.15) is 0 Å². The fraction of sp³-hybridized carbons (Fsp3) is 0.474. The largest absolute Gasteiger partial charge is 0.465 e. The molecule has 2 heterocycles. The summed E-state index contributed by atoms with van der Waals surface area (Å²) in [5, 5.41) is 5.17. The predicted molar refractivity (Wildman–Crippen MR) is 99.1 cm³/mol. The summed E-state index contributed by atoms with van der Waals surface area (Å²) in [4.78, 5) is 28.0. The van der Waals surface area contributed by atoms with Gasteiger partial charge in [-0.25, -0.2) is 0 Å². The van der Waals surface area contributed by atoms with Crippen LogP contribution >= 0.6 is 11.6 Å². The fourth-order valence-electron chi connectivity index (χ4n) is 3.49. The number of carbonyl (C=O) groups excluding carboxylic acids is 2. The zero-order valence-corrected chi connectivity index (χ0v) is 15.7. The first-order valence-corrected chi connectivity index (χ1v) is 9.29. The monoisotopic (exact) mass is 378 g/mol. The lowest BCUT2D eigenvalue weighted by molar-refractivity contribution is -0.162. The second-order valence-corrected chi connectivity index (χ2v) is 6.69. The summed E-state index contributed by atoms with van der Waals surface area (Å²) in [6.45, 7) is 4.65. The van der Waals surface area contributed by atoms with E-state index >= 15 is 0 Å². The molecule has 7 heteroatoms. The van der Waals surface area contributed by atoms with Crippen molar-refractivity contribution in [1.82, 2.24) is 10.3 Å². The molecule has 0 saturated carbocycles. The van der Waals surface area contributed by atoms with Gasteiger partial charge in [0.05, 0.1) is 13.2 Å². The number of benzene rings is 1. The van der Waals surface area contributed by atoms with Crippen LogP contribution in [0.4, 0.5) is 0 Å². The molecule has 0 unspecified atom stereocenters. The number of aromatic amines is 1. The summed E-state index contributed by atoms with van der Waals surface area (Å²) in [6, 6.07) is 5.57. The zero-order chi connectivity index (χ0) is 18.7. The third kappa shape index (κ3) is 3.71. The number of rotatable bonds is 6. The minimum absolute atomic E-state index is 0.163. The molecule has 1 atom stereocenters. The lowest BCUT2D eigenvalue weighted by Crippen LogP contribution is -2.36. The molecule has 140 valence electrons.